The molecule has 1 N–H and O–H groups in total. The van der Waals surface area contributed by atoms with Gasteiger partial charge in [0.2, 0.25) is 0 Å². The highest BCUT2D eigenvalue weighted by atomic mass is 16.1. The van der Waals surface area contributed by atoms with Gasteiger partial charge < -0.3 is 9.88 Å². The molecule has 0 spiro atoms. The molecule has 1 aromatic heterocycles. The average Bonchev–Trinajstić information content (AvgIpc) is 2.62. The second kappa shape index (κ2) is 4.73. The summed E-state index contributed by atoms with van der Waals surface area (Å²) in [6.07, 6.45) is 8.36. The van der Waals surface area contributed by atoms with Gasteiger partial charge in [0.1, 0.15) is 0 Å². The molecule has 2 aliphatic carbocycles. The summed E-state index contributed by atoms with van der Waals surface area (Å²) in [6.45, 7) is 2.10. The van der Waals surface area contributed by atoms with Crippen LogP contribution in [0.15, 0.2) is 0 Å². The quantitative estimate of drug-likeness (QED) is 0.737. The van der Waals surface area contributed by atoms with Gasteiger partial charge in [-0.1, -0.05) is 6.42 Å². The van der Waals surface area contributed by atoms with Crippen molar-refractivity contribution in [2.45, 2.75) is 44.9 Å². The number of aromatic nitrogens is 1. The van der Waals surface area contributed by atoms with Crippen LogP contribution in [0.2, 0.25) is 0 Å². The largest absolute Gasteiger partial charge is 0.361 e. The van der Waals surface area contributed by atoms with E-state index >= 15 is 0 Å². The topological polar surface area (TPSA) is 36.1 Å². The molecule has 0 radical (unpaired) electrons. The van der Waals surface area contributed by atoms with Crippen LogP contribution in [0.4, 0.5) is 0 Å². The fraction of sp³-hybridized carbons (Fsp3) is 0.706. The van der Waals surface area contributed by atoms with Gasteiger partial charge in [-0.2, -0.15) is 0 Å². The number of nitrogens with one attached hydrogen (secondary N) is 1. The SMILES string of the molecule is CN1CC[C@H]2Cc3[nH]c4c(c3C(=O)[C@@H]2C1)CCCCC4. The van der Waals surface area contributed by atoms with Crippen LogP contribution in [0.3, 0.4) is 0 Å². The zero-order valence-corrected chi connectivity index (χ0v) is 12.4. The minimum atomic E-state index is 0.254. The fourth-order valence-corrected chi connectivity index (χ4v) is 4.53. The van der Waals surface area contributed by atoms with Crippen LogP contribution in [0.25, 0.3) is 0 Å². The van der Waals surface area contributed by atoms with Crippen molar-refractivity contribution in [3.63, 3.8) is 0 Å². The number of hydrogen-bond acceptors (Lipinski definition) is 2. The molecule has 0 unspecified atom stereocenters. The molecule has 2 heterocycles. The highest BCUT2D eigenvalue weighted by Crippen LogP contribution is 2.39. The number of likely N-dealkylation sites (tertiary alicyclic amines) is 1. The number of ketones is 1. The number of rotatable bonds is 0. The van der Waals surface area contributed by atoms with Crippen molar-refractivity contribution in [2.24, 2.45) is 11.8 Å². The first-order valence-electron chi connectivity index (χ1n) is 8.19. The number of aromatic amines is 1. The van der Waals surface area contributed by atoms with Gasteiger partial charge in [0.25, 0.3) is 0 Å². The summed E-state index contributed by atoms with van der Waals surface area (Å²) in [4.78, 5) is 19.0. The van der Waals surface area contributed by atoms with Gasteiger partial charge >= 0.3 is 0 Å². The molecule has 4 rings (SSSR count). The lowest BCUT2D eigenvalue weighted by Crippen LogP contribution is -2.45. The summed E-state index contributed by atoms with van der Waals surface area (Å²) in [6, 6.07) is 0. The number of carbonyl (C=O) groups is 1. The first-order chi connectivity index (χ1) is 9.74. The van der Waals surface area contributed by atoms with E-state index in [1.54, 1.807) is 0 Å². The van der Waals surface area contributed by atoms with Crippen LogP contribution in [0, 0.1) is 11.8 Å². The number of carbonyl (C=O) groups excluding carboxylic acids is 1. The molecule has 108 valence electrons. The van der Waals surface area contributed by atoms with E-state index in [1.807, 2.05) is 0 Å². The van der Waals surface area contributed by atoms with Gasteiger partial charge in [0.15, 0.2) is 5.78 Å². The van der Waals surface area contributed by atoms with E-state index in [2.05, 4.69) is 16.9 Å². The third-order valence-corrected chi connectivity index (χ3v) is 5.63. The van der Waals surface area contributed by atoms with E-state index in [-0.39, 0.29) is 5.92 Å². The predicted octanol–water partition coefficient (Wildman–Crippen LogP) is 2.59. The van der Waals surface area contributed by atoms with Gasteiger partial charge in [-0.25, -0.2) is 0 Å². The molecule has 20 heavy (non-hydrogen) atoms. The molecule has 1 saturated heterocycles. The number of aryl methyl sites for hydroxylation is 1. The maximum absolute atomic E-state index is 13.0. The number of piperidine rings is 1. The third kappa shape index (κ3) is 1.86. The molecule has 3 heteroatoms. The highest BCUT2D eigenvalue weighted by Gasteiger charge is 2.41. The molecule has 0 bridgehead atoms. The Hall–Kier alpha value is -1.09. The monoisotopic (exact) mass is 272 g/mol. The van der Waals surface area contributed by atoms with E-state index in [1.165, 1.54) is 42.6 Å². The molecule has 0 saturated carbocycles. The van der Waals surface area contributed by atoms with Crippen molar-refractivity contribution in [1.29, 1.82) is 0 Å². The summed E-state index contributed by atoms with van der Waals surface area (Å²) in [5, 5.41) is 0. The second-order valence-electron chi connectivity index (χ2n) is 6.98. The number of hydrogen-bond donors (Lipinski definition) is 1. The number of Topliss-reactive ketones (excluding diaryl/α,β-unsaturated/α-hetero) is 1. The highest BCUT2D eigenvalue weighted by molar-refractivity contribution is 6.02. The van der Waals surface area contributed by atoms with Crippen LogP contribution < -0.4 is 0 Å². The molecular weight excluding hydrogens is 248 g/mol. The zero-order valence-electron chi connectivity index (χ0n) is 12.4. The Morgan fingerprint density at radius 3 is 2.90 bits per heavy atom. The lowest BCUT2D eigenvalue weighted by Gasteiger charge is -2.38. The lowest BCUT2D eigenvalue weighted by atomic mass is 9.72. The van der Waals surface area contributed by atoms with Gasteiger partial charge in [-0.15, -0.1) is 0 Å². The summed E-state index contributed by atoms with van der Waals surface area (Å²) in [7, 11) is 2.15. The Morgan fingerprint density at radius 2 is 2.00 bits per heavy atom. The molecule has 3 nitrogen and oxygen atoms in total. The summed E-state index contributed by atoms with van der Waals surface area (Å²) >= 11 is 0. The average molecular weight is 272 g/mol. The first-order valence-corrected chi connectivity index (χ1v) is 8.19. The van der Waals surface area contributed by atoms with Crippen molar-refractivity contribution in [3.05, 3.63) is 22.5 Å². The third-order valence-electron chi connectivity index (χ3n) is 5.63. The Morgan fingerprint density at radius 1 is 1.15 bits per heavy atom. The Balaban J connectivity index is 1.75. The molecule has 1 aliphatic heterocycles. The Bertz CT molecular complexity index is 545. The van der Waals surface area contributed by atoms with Gasteiger partial charge in [0.05, 0.1) is 0 Å². The van der Waals surface area contributed by atoms with Crippen molar-refractivity contribution < 1.29 is 4.79 Å². The lowest BCUT2D eigenvalue weighted by molar-refractivity contribution is 0.0705. The van der Waals surface area contributed by atoms with Gasteiger partial charge in [-0.3, -0.25) is 4.79 Å². The minimum Gasteiger partial charge on any atom is -0.361 e. The van der Waals surface area contributed by atoms with Crippen molar-refractivity contribution in [3.8, 4) is 0 Å². The van der Waals surface area contributed by atoms with E-state index in [0.717, 1.165) is 37.9 Å². The maximum Gasteiger partial charge on any atom is 0.169 e. The summed E-state index contributed by atoms with van der Waals surface area (Å²) < 4.78 is 0. The van der Waals surface area contributed by atoms with E-state index in [9.17, 15) is 4.79 Å². The van der Waals surface area contributed by atoms with Gasteiger partial charge in [-0.05, 0) is 63.6 Å². The molecule has 0 aromatic carbocycles. The predicted molar refractivity (Wildman–Crippen MR) is 79.2 cm³/mol. The maximum atomic E-state index is 13.0. The first kappa shape index (κ1) is 12.6. The van der Waals surface area contributed by atoms with Crippen molar-refractivity contribution in [1.82, 2.24) is 9.88 Å². The standard InChI is InChI=1S/C17H24N2O/c1-19-8-7-11-9-15-16(17(20)13(11)10-19)12-5-3-2-4-6-14(12)18-15/h11,13,18H,2-10H2,1H3/t11-,13+/m0/s1. The van der Waals surface area contributed by atoms with Crippen LogP contribution in [-0.2, 0) is 19.3 Å². The van der Waals surface area contributed by atoms with Gasteiger partial charge in [0, 0.05) is 29.4 Å². The summed E-state index contributed by atoms with van der Waals surface area (Å²) in [5.74, 6) is 1.28. The number of H-pyrrole nitrogens is 1. The number of fused-ring (bicyclic) bond motifs is 4. The van der Waals surface area contributed by atoms with Crippen LogP contribution in [0.1, 0.15) is 53.0 Å². The molecule has 1 aromatic rings. The van der Waals surface area contributed by atoms with Crippen molar-refractivity contribution in [2.75, 3.05) is 20.1 Å². The molecule has 2 atom stereocenters. The van der Waals surface area contributed by atoms with Crippen LogP contribution >= 0.6 is 0 Å². The van der Waals surface area contributed by atoms with E-state index < -0.39 is 0 Å². The molecular formula is C17H24N2O. The summed E-state index contributed by atoms with van der Waals surface area (Å²) in [5.41, 5.74) is 5.15. The minimum absolute atomic E-state index is 0.254. The van der Waals surface area contributed by atoms with E-state index in [4.69, 9.17) is 0 Å². The smallest absolute Gasteiger partial charge is 0.169 e. The Labute approximate surface area is 120 Å². The van der Waals surface area contributed by atoms with Crippen LogP contribution in [0.5, 0.6) is 0 Å². The normalized spacial score (nSPS) is 30.4. The molecule has 1 fully saturated rings. The second-order valence-corrected chi connectivity index (χ2v) is 6.98. The van der Waals surface area contributed by atoms with E-state index in [0.29, 0.717) is 11.7 Å². The fourth-order valence-electron chi connectivity index (χ4n) is 4.53. The molecule has 0 amide bonds. The number of nitrogens with zero attached hydrogens (tertiary/aromatic N) is 1. The Kier molecular flexibility index (Phi) is 2.99. The molecule has 3 aliphatic rings. The zero-order chi connectivity index (χ0) is 13.7. The van der Waals surface area contributed by atoms with Crippen LogP contribution in [-0.4, -0.2) is 35.8 Å². The van der Waals surface area contributed by atoms with Crippen molar-refractivity contribution >= 4 is 5.78 Å².